The van der Waals surface area contributed by atoms with Crippen molar-refractivity contribution in [1.29, 1.82) is 0 Å². The predicted octanol–water partition coefficient (Wildman–Crippen LogP) is 2.40. The standard InChI is InChI=1S/C13H13FN2O/c1-17-12-3-2-9(7-11(12)14)6-10-4-5-16-13(15)8-10/h2-5,7-8H,6H2,1H3,(H2,15,16). The van der Waals surface area contributed by atoms with Gasteiger partial charge in [0.25, 0.3) is 0 Å². The molecule has 0 amide bonds. The molecule has 2 aromatic rings. The van der Waals surface area contributed by atoms with Gasteiger partial charge in [-0.2, -0.15) is 0 Å². The van der Waals surface area contributed by atoms with E-state index in [1.165, 1.54) is 13.2 Å². The third-order valence-electron chi connectivity index (χ3n) is 2.47. The zero-order valence-corrected chi connectivity index (χ0v) is 9.48. The molecule has 0 spiro atoms. The molecule has 0 unspecified atom stereocenters. The molecule has 0 bridgehead atoms. The number of nitrogen functional groups attached to an aromatic ring is 1. The lowest BCUT2D eigenvalue weighted by Gasteiger charge is -2.05. The van der Waals surface area contributed by atoms with Gasteiger partial charge < -0.3 is 10.5 Å². The monoisotopic (exact) mass is 232 g/mol. The summed E-state index contributed by atoms with van der Waals surface area (Å²) < 4.78 is 18.3. The first-order valence-electron chi connectivity index (χ1n) is 5.22. The molecule has 0 saturated heterocycles. The van der Waals surface area contributed by atoms with Crippen LogP contribution in [-0.2, 0) is 6.42 Å². The Kier molecular flexibility index (Phi) is 3.23. The maximum Gasteiger partial charge on any atom is 0.165 e. The van der Waals surface area contributed by atoms with Crippen LogP contribution in [0.4, 0.5) is 10.2 Å². The fourth-order valence-electron chi connectivity index (χ4n) is 1.66. The largest absolute Gasteiger partial charge is 0.494 e. The summed E-state index contributed by atoms with van der Waals surface area (Å²) in [7, 11) is 1.45. The van der Waals surface area contributed by atoms with Gasteiger partial charge in [-0.15, -0.1) is 0 Å². The number of ether oxygens (including phenoxy) is 1. The van der Waals surface area contributed by atoms with Crippen molar-refractivity contribution in [2.75, 3.05) is 12.8 Å². The molecule has 2 rings (SSSR count). The SMILES string of the molecule is COc1ccc(Cc2ccnc(N)c2)cc1F. The topological polar surface area (TPSA) is 48.1 Å². The van der Waals surface area contributed by atoms with Crippen molar-refractivity contribution in [1.82, 2.24) is 4.98 Å². The number of pyridine rings is 1. The summed E-state index contributed by atoms with van der Waals surface area (Å²) in [6.07, 6.45) is 2.26. The molecule has 3 nitrogen and oxygen atoms in total. The Morgan fingerprint density at radius 2 is 2.00 bits per heavy atom. The molecule has 1 heterocycles. The average molecular weight is 232 g/mol. The number of benzene rings is 1. The highest BCUT2D eigenvalue weighted by molar-refractivity contribution is 5.37. The second-order valence-corrected chi connectivity index (χ2v) is 3.73. The van der Waals surface area contributed by atoms with Crippen molar-refractivity contribution < 1.29 is 9.13 Å². The summed E-state index contributed by atoms with van der Waals surface area (Å²) in [6.45, 7) is 0. The molecule has 88 valence electrons. The fourth-order valence-corrected chi connectivity index (χ4v) is 1.66. The molecule has 0 fully saturated rings. The van der Waals surface area contributed by atoms with Gasteiger partial charge in [0.1, 0.15) is 5.82 Å². The maximum atomic E-state index is 13.5. The lowest BCUT2D eigenvalue weighted by atomic mass is 10.1. The summed E-state index contributed by atoms with van der Waals surface area (Å²) in [5, 5.41) is 0. The van der Waals surface area contributed by atoms with E-state index in [2.05, 4.69) is 4.98 Å². The highest BCUT2D eigenvalue weighted by atomic mass is 19.1. The van der Waals surface area contributed by atoms with Gasteiger partial charge in [-0.05, 0) is 41.8 Å². The van der Waals surface area contributed by atoms with Crippen molar-refractivity contribution in [2.24, 2.45) is 0 Å². The van der Waals surface area contributed by atoms with Crippen molar-refractivity contribution in [3.05, 3.63) is 53.5 Å². The molecule has 1 aromatic heterocycles. The van der Waals surface area contributed by atoms with Gasteiger partial charge >= 0.3 is 0 Å². The van der Waals surface area contributed by atoms with Crippen LogP contribution in [0.25, 0.3) is 0 Å². The number of halogens is 1. The molecule has 0 saturated carbocycles. The van der Waals surface area contributed by atoms with E-state index >= 15 is 0 Å². The summed E-state index contributed by atoms with van der Waals surface area (Å²) in [4.78, 5) is 3.91. The number of aromatic nitrogens is 1. The van der Waals surface area contributed by atoms with Crippen LogP contribution >= 0.6 is 0 Å². The van der Waals surface area contributed by atoms with E-state index in [1.807, 2.05) is 12.1 Å². The Morgan fingerprint density at radius 3 is 2.65 bits per heavy atom. The Bertz CT molecular complexity index is 529. The van der Waals surface area contributed by atoms with Crippen LogP contribution in [0.5, 0.6) is 5.75 Å². The van der Waals surface area contributed by atoms with Gasteiger partial charge in [0, 0.05) is 6.20 Å². The number of methoxy groups -OCH3 is 1. The van der Waals surface area contributed by atoms with E-state index in [1.54, 1.807) is 18.3 Å². The molecule has 2 N–H and O–H groups in total. The number of hydrogen-bond acceptors (Lipinski definition) is 3. The molecule has 0 aliphatic carbocycles. The first-order chi connectivity index (χ1) is 8.19. The minimum Gasteiger partial charge on any atom is -0.494 e. The van der Waals surface area contributed by atoms with E-state index in [-0.39, 0.29) is 11.6 Å². The molecule has 0 aliphatic rings. The second-order valence-electron chi connectivity index (χ2n) is 3.73. The highest BCUT2D eigenvalue weighted by Crippen LogP contribution is 2.19. The van der Waals surface area contributed by atoms with Crippen LogP contribution in [-0.4, -0.2) is 12.1 Å². The molecule has 0 radical (unpaired) electrons. The quantitative estimate of drug-likeness (QED) is 0.884. The first-order valence-corrected chi connectivity index (χ1v) is 5.22. The number of nitrogens with two attached hydrogens (primary N) is 1. The minimum atomic E-state index is -0.355. The minimum absolute atomic E-state index is 0.253. The summed E-state index contributed by atoms with van der Waals surface area (Å²) in [5.74, 6) is 0.367. The van der Waals surface area contributed by atoms with Crippen molar-refractivity contribution >= 4 is 5.82 Å². The lowest BCUT2D eigenvalue weighted by molar-refractivity contribution is 0.386. The third kappa shape index (κ3) is 2.72. The number of anilines is 1. The van der Waals surface area contributed by atoms with Crippen LogP contribution in [0, 0.1) is 5.82 Å². The third-order valence-corrected chi connectivity index (χ3v) is 2.47. The van der Waals surface area contributed by atoms with Gasteiger partial charge in [-0.25, -0.2) is 9.37 Å². The van der Waals surface area contributed by atoms with E-state index in [0.717, 1.165) is 11.1 Å². The van der Waals surface area contributed by atoms with E-state index in [0.29, 0.717) is 12.2 Å². The predicted molar refractivity (Wildman–Crippen MR) is 64.4 cm³/mol. The summed E-state index contributed by atoms with van der Waals surface area (Å²) in [6, 6.07) is 8.56. The fraction of sp³-hybridized carbons (Fsp3) is 0.154. The van der Waals surface area contributed by atoms with Crippen LogP contribution in [0.2, 0.25) is 0 Å². The van der Waals surface area contributed by atoms with Crippen LogP contribution in [0.3, 0.4) is 0 Å². The van der Waals surface area contributed by atoms with E-state index < -0.39 is 0 Å². The number of nitrogens with zero attached hydrogens (tertiary/aromatic N) is 1. The normalized spacial score (nSPS) is 10.2. The Hall–Kier alpha value is -2.10. The Balaban J connectivity index is 2.22. The smallest absolute Gasteiger partial charge is 0.165 e. The highest BCUT2D eigenvalue weighted by Gasteiger charge is 2.04. The van der Waals surface area contributed by atoms with Crippen LogP contribution < -0.4 is 10.5 Å². The Morgan fingerprint density at radius 1 is 1.24 bits per heavy atom. The first kappa shape index (κ1) is 11.4. The van der Waals surface area contributed by atoms with Gasteiger partial charge in [-0.1, -0.05) is 6.07 Å². The molecule has 17 heavy (non-hydrogen) atoms. The van der Waals surface area contributed by atoms with Crippen LogP contribution in [0.1, 0.15) is 11.1 Å². The van der Waals surface area contributed by atoms with Crippen LogP contribution in [0.15, 0.2) is 36.5 Å². The van der Waals surface area contributed by atoms with Gasteiger partial charge in [0.05, 0.1) is 7.11 Å². The van der Waals surface area contributed by atoms with Gasteiger partial charge in [-0.3, -0.25) is 0 Å². The van der Waals surface area contributed by atoms with Gasteiger partial charge in [0.2, 0.25) is 0 Å². The van der Waals surface area contributed by atoms with Crippen molar-refractivity contribution in [2.45, 2.75) is 6.42 Å². The molecule has 0 atom stereocenters. The summed E-state index contributed by atoms with van der Waals surface area (Å²) in [5.41, 5.74) is 7.45. The Labute approximate surface area is 99.1 Å². The zero-order valence-electron chi connectivity index (χ0n) is 9.48. The molecule has 0 aliphatic heterocycles. The van der Waals surface area contributed by atoms with E-state index in [9.17, 15) is 4.39 Å². The average Bonchev–Trinajstić information content (AvgIpc) is 2.29. The molecular weight excluding hydrogens is 219 g/mol. The van der Waals surface area contributed by atoms with Gasteiger partial charge in [0.15, 0.2) is 11.6 Å². The molecular formula is C13H13FN2O. The molecule has 4 heteroatoms. The van der Waals surface area contributed by atoms with E-state index in [4.69, 9.17) is 10.5 Å². The second kappa shape index (κ2) is 4.82. The van der Waals surface area contributed by atoms with Crippen molar-refractivity contribution in [3.8, 4) is 5.75 Å². The maximum absolute atomic E-state index is 13.5. The number of rotatable bonds is 3. The lowest BCUT2D eigenvalue weighted by Crippen LogP contribution is -1.95. The molecule has 1 aromatic carbocycles. The zero-order chi connectivity index (χ0) is 12.3. The summed E-state index contributed by atoms with van der Waals surface area (Å²) >= 11 is 0. The van der Waals surface area contributed by atoms with Crippen molar-refractivity contribution in [3.63, 3.8) is 0 Å². The number of hydrogen-bond donors (Lipinski definition) is 1.